The Morgan fingerprint density at radius 2 is 2.07 bits per heavy atom. The number of pyridine rings is 2. The van der Waals surface area contributed by atoms with E-state index in [1.54, 1.807) is 25.5 Å². The summed E-state index contributed by atoms with van der Waals surface area (Å²) >= 11 is 0. The van der Waals surface area contributed by atoms with Crippen molar-refractivity contribution < 1.29 is 14.3 Å². The zero-order chi connectivity index (χ0) is 20.0. The van der Waals surface area contributed by atoms with E-state index in [1.165, 1.54) is 0 Å². The smallest absolute Gasteiger partial charge is 0.269 e. The second-order valence-corrected chi connectivity index (χ2v) is 7.88. The van der Waals surface area contributed by atoms with Gasteiger partial charge in [-0.25, -0.2) is 4.98 Å². The maximum atomic E-state index is 12.9. The zero-order valence-electron chi connectivity index (χ0n) is 16.1. The summed E-state index contributed by atoms with van der Waals surface area (Å²) in [4.78, 5) is 37.1. The lowest BCUT2D eigenvalue weighted by molar-refractivity contribution is 0.0950. The van der Waals surface area contributed by atoms with Gasteiger partial charge in [0, 0.05) is 48.9 Å². The summed E-state index contributed by atoms with van der Waals surface area (Å²) in [5.41, 5.74) is 3.45. The summed E-state index contributed by atoms with van der Waals surface area (Å²) < 4.78 is 5.42. The van der Waals surface area contributed by atoms with Gasteiger partial charge in [0.1, 0.15) is 5.69 Å². The van der Waals surface area contributed by atoms with Crippen molar-refractivity contribution in [3.8, 4) is 0 Å². The van der Waals surface area contributed by atoms with Gasteiger partial charge >= 0.3 is 0 Å². The van der Waals surface area contributed by atoms with Crippen LogP contribution in [0.2, 0.25) is 0 Å². The lowest BCUT2D eigenvalue weighted by Gasteiger charge is -2.10. The largest absolute Gasteiger partial charge is 0.381 e. The first-order valence-corrected chi connectivity index (χ1v) is 9.88. The van der Waals surface area contributed by atoms with Crippen LogP contribution in [0.1, 0.15) is 38.5 Å². The molecule has 3 atom stereocenters. The van der Waals surface area contributed by atoms with E-state index in [-0.39, 0.29) is 17.4 Å². The van der Waals surface area contributed by atoms with E-state index < -0.39 is 0 Å². The number of H-pyrrole nitrogens is 1. The number of Topliss-reactive ketones (excluding diaryl/α,β-unsaturated/α-hetero) is 1. The highest BCUT2D eigenvalue weighted by molar-refractivity contribution is 6.00. The van der Waals surface area contributed by atoms with E-state index in [0.717, 1.165) is 29.7 Å². The minimum Gasteiger partial charge on any atom is -0.381 e. The predicted octanol–water partition coefficient (Wildman–Crippen LogP) is 2.37. The van der Waals surface area contributed by atoms with Crippen molar-refractivity contribution in [1.82, 2.24) is 20.3 Å². The molecule has 4 heterocycles. The average molecular weight is 390 g/mol. The second-order valence-electron chi connectivity index (χ2n) is 7.88. The third-order valence-corrected chi connectivity index (χ3v) is 6.14. The molecule has 1 saturated heterocycles. The molecule has 1 unspecified atom stereocenters. The Balaban J connectivity index is 1.44. The SMILES string of the molecule is CNC(=O)c1cc(C(=O)CC2[C@H]3COC[C@@H]23)cc(Cc2cncc3[nH]ccc23)n1. The number of ketones is 1. The maximum Gasteiger partial charge on any atom is 0.269 e. The van der Waals surface area contributed by atoms with Crippen LogP contribution in [0.3, 0.4) is 0 Å². The van der Waals surface area contributed by atoms with E-state index in [2.05, 4.69) is 20.3 Å². The number of hydrogen-bond donors (Lipinski definition) is 2. The molecule has 0 aromatic carbocycles. The normalized spacial score (nSPS) is 22.4. The second kappa shape index (κ2) is 7.08. The topological polar surface area (TPSA) is 97.0 Å². The van der Waals surface area contributed by atoms with Gasteiger partial charge in [-0.3, -0.25) is 14.6 Å². The monoisotopic (exact) mass is 390 g/mol. The summed E-state index contributed by atoms with van der Waals surface area (Å²) in [6.45, 7) is 1.53. The minimum atomic E-state index is -0.296. The zero-order valence-corrected chi connectivity index (χ0v) is 16.1. The van der Waals surface area contributed by atoms with E-state index in [4.69, 9.17) is 4.74 Å². The van der Waals surface area contributed by atoms with Crippen LogP contribution in [0.5, 0.6) is 0 Å². The lowest BCUT2D eigenvalue weighted by atomic mass is 10.0. The number of rotatable bonds is 6. The number of amides is 1. The molecular formula is C22H22N4O3. The number of carbonyl (C=O) groups is 2. The third-order valence-electron chi connectivity index (χ3n) is 6.14. The van der Waals surface area contributed by atoms with Crippen LogP contribution in [0.4, 0.5) is 0 Å². The van der Waals surface area contributed by atoms with Crippen LogP contribution in [0.25, 0.3) is 10.9 Å². The fourth-order valence-electron chi connectivity index (χ4n) is 4.45. The molecule has 7 nitrogen and oxygen atoms in total. The maximum absolute atomic E-state index is 12.9. The number of aromatic nitrogens is 3. The third kappa shape index (κ3) is 3.31. The molecule has 1 aliphatic carbocycles. The first-order chi connectivity index (χ1) is 14.1. The molecule has 1 amide bonds. The van der Waals surface area contributed by atoms with E-state index in [1.807, 2.05) is 18.3 Å². The lowest BCUT2D eigenvalue weighted by Crippen LogP contribution is -2.21. The van der Waals surface area contributed by atoms with Gasteiger partial charge in [-0.15, -0.1) is 0 Å². The number of carbonyl (C=O) groups excluding carboxylic acids is 2. The Morgan fingerprint density at radius 3 is 2.86 bits per heavy atom. The number of nitrogens with one attached hydrogen (secondary N) is 2. The predicted molar refractivity (Wildman–Crippen MR) is 107 cm³/mol. The Kier molecular flexibility index (Phi) is 4.39. The summed E-state index contributed by atoms with van der Waals surface area (Å²) in [6, 6.07) is 5.41. The minimum absolute atomic E-state index is 0.0659. The number of hydrogen-bond acceptors (Lipinski definition) is 5. The summed E-state index contributed by atoms with van der Waals surface area (Å²) in [5.74, 6) is 1.23. The van der Waals surface area contributed by atoms with Gasteiger partial charge in [-0.05, 0) is 41.5 Å². The molecule has 29 heavy (non-hydrogen) atoms. The van der Waals surface area contributed by atoms with Crippen molar-refractivity contribution in [2.24, 2.45) is 17.8 Å². The van der Waals surface area contributed by atoms with Gasteiger partial charge in [0.25, 0.3) is 5.91 Å². The number of aromatic amines is 1. The number of ether oxygens (including phenoxy) is 1. The molecule has 2 N–H and O–H groups in total. The van der Waals surface area contributed by atoms with Crippen molar-refractivity contribution >= 4 is 22.6 Å². The van der Waals surface area contributed by atoms with Crippen LogP contribution < -0.4 is 5.32 Å². The highest BCUT2D eigenvalue weighted by Crippen LogP contribution is 2.52. The van der Waals surface area contributed by atoms with Gasteiger partial charge < -0.3 is 15.0 Å². The van der Waals surface area contributed by atoms with Crippen LogP contribution in [-0.2, 0) is 11.2 Å². The molecular weight excluding hydrogens is 368 g/mol. The van der Waals surface area contributed by atoms with Crippen LogP contribution in [0, 0.1) is 17.8 Å². The number of fused-ring (bicyclic) bond motifs is 2. The van der Waals surface area contributed by atoms with Gasteiger partial charge in [0.15, 0.2) is 5.78 Å². The molecule has 3 aromatic rings. The summed E-state index contributed by atoms with van der Waals surface area (Å²) in [6.07, 6.45) is 6.45. The summed E-state index contributed by atoms with van der Waals surface area (Å²) in [5, 5.41) is 3.66. The van der Waals surface area contributed by atoms with Gasteiger partial charge in [-0.2, -0.15) is 0 Å². The van der Waals surface area contributed by atoms with E-state index in [9.17, 15) is 9.59 Å². The van der Waals surface area contributed by atoms with Crippen molar-refractivity contribution in [3.63, 3.8) is 0 Å². The molecule has 0 spiro atoms. The molecule has 5 rings (SSSR count). The highest BCUT2D eigenvalue weighted by atomic mass is 16.5. The van der Waals surface area contributed by atoms with Crippen molar-refractivity contribution in [1.29, 1.82) is 0 Å². The molecule has 2 fully saturated rings. The Morgan fingerprint density at radius 1 is 1.24 bits per heavy atom. The molecule has 3 aromatic heterocycles. The van der Waals surface area contributed by atoms with Crippen LogP contribution >= 0.6 is 0 Å². The van der Waals surface area contributed by atoms with Crippen LogP contribution in [0.15, 0.2) is 36.8 Å². The molecule has 0 bridgehead atoms. The van der Waals surface area contributed by atoms with Gasteiger partial charge in [-0.1, -0.05) is 0 Å². The quantitative estimate of drug-likeness (QED) is 0.630. The van der Waals surface area contributed by atoms with Crippen molar-refractivity contribution in [3.05, 3.63) is 59.3 Å². The number of nitrogens with zero attached hydrogens (tertiary/aromatic N) is 2. The molecule has 1 aliphatic heterocycles. The Bertz CT molecular complexity index is 1100. The van der Waals surface area contributed by atoms with Crippen LogP contribution in [-0.4, -0.2) is 46.9 Å². The van der Waals surface area contributed by atoms with Crippen molar-refractivity contribution in [2.45, 2.75) is 12.8 Å². The fourth-order valence-corrected chi connectivity index (χ4v) is 4.45. The first-order valence-electron chi connectivity index (χ1n) is 9.88. The molecule has 7 heteroatoms. The molecule has 148 valence electrons. The average Bonchev–Trinajstić information content (AvgIpc) is 3.14. The first kappa shape index (κ1) is 18.0. The standard InChI is InChI=1S/C22H22N4O3/c1-23-22(28)19-6-12(21(27)7-16-17-10-29-11-18(16)17)4-14(26-19)5-13-8-24-9-20-15(13)2-3-25-20/h2-4,6,8-9,16-18,25H,5,7,10-11H2,1H3,(H,23,28)/t16?,17-,18+. The molecule has 1 saturated carbocycles. The summed E-state index contributed by atoms with van der Waals surface area (Å²) in [7, 11) is 1.56. The highest BCUT2D eigenvalue weighted by Gasteiger charge is 2.54. The van der Waals surface area contributed by atoms with Gasteiger partial charge in [0.05, 0.1) is 24.9 Å². The van der Waals surface area contributed by atoms with Gasteiger partial charge in [0.2, 0.25) is 0 Å². The molecule has 0 radical (unpaired) electrons. The molecule has 2 aliphatic rings. The Hall–Kier alpha value is -3.06. The Labute approximate surface area is 167 Å². The van der Waals surface area contributed by atoms with E-state index >= 15 is 0 Å². The fraction of sp³-hybridized carbons (Fsp3) is 0.364. The van der Waals surface area contributed by atoms with Crippen molar-refractivity contribution in [2.75, 3.05) is 20.3 Å². The van der Waals surface area contributed by atoms with E-state index in [0.29, 0.717) is 41.9 Å².